The van der Waals surface area contributed by atoms with E-state index in [4.69, 9.17) is 0 Å². The molecule has 2 fully saturated rings. The number of rotatable bonds is 5. The Morgan fingerprint density at radius 3 is 2.94 bits per heavy atom. The van der Waals surface area contributed by atoms with Crippen molar-refractivity contribution in [3.8, 4) is 0 Å². The Labute approximate surface area is 111 Å². The van der Waals surface area contributed by atoms with E-state index in [-0.39, 0.29) is 5.91 Å². The molecule has 1 amide bonds. The molecule has 1 saturated heterocycles. The molecule has 0 radical (unpaired) electrons. The van der Waals surface area contributed by atoms with Crippen LogP contribution in [0.2, 0.25) is 0 Å². The maximum absolute atomic E-state index is 11.5. The summed E-state index contributed by atoms with van der Waals surface area (Å²) in [5.41, 5.74) is 1.11. The molecule has 3 rings (SSSR count). The molecule has 1 aromatic rings. The summed E-state index contributed by atoms with van der Waals surface area (Å²) in [6.07, 6.45) is 5.56. The normalized spacial score (nSPS) is 19.2. The van der Waals surface area contributed by atoms with Gasteiger partial charge in [-0.25, -0.2) is 4.98 Å². The Morgan fingerprint density at radius 2 is 2.22 bits per heavy atom. The molecule has 1 N–H and O–H groups in total. The number of nitrogens with zero attached hydrogens (tertiary/aromatic N) is 2. The third-order valence-corrected chi connectivity index (χ3v) is 4.49. The lowest BCUT2D eigenvalue weighted by atomic mass is 10.3. The van der Waals surface area contributed by atoms with Crippen LogP contribution >= 0.6 is 11.3 Å². The molecule has 0 unspecified atom stereocenters. The second kappa shape index (κ2) is 5.26. The SMILES string of the molecule is O=C(NCCc1csc(N2CCCC2)n1)C1CC1. The molecule has 1 aliphatic carbocycles. The fourth-order valence-corrected chi connectivity index (χ4v) is 3.18. The molecule has 18 heavy (non-hydrogen) atoms. The van der Waals surface area contributed by atoms with Gasteiger partial charge in [-0.2, -0.15) is 0 Å². The standard InChI is InChI=1S/C13H19N3OS/c17-12(10-3-4-10)14-6-5-11-9-18-13(15-11)16-7-1-2-8-16/h9-10H,1-8H2,(H,14,17). The molecule has 1 aromatic heterocycles. The molecule has 1 aliphatic heterocycles. The van der Waals surface area contributed by atoms with E-state index in [0.29, 0.717) is 5.92 Å². The average molecular weight is 265 g/mol. The van der Waals surface area contributed by atoms with Gasteiger partial charge in [-0.1, -0.05) is 0 Å². The summed E-state index contributed by atoms with van der Waals surface area (Å²) in [5, 5.41) is 6.26. The van der Waals surface area contributed by atoms with Gasteiger partial charge in [-0.3, -0.25) is 4.79 Å². The zero-order chi connectivity index (χ0) is 12.4. The van der Waals surface area contributed by atoms with Crippen molar-refractivity contribution in [2.75, 3.05) is 24.5 Å². The summed E-state index contributed by atoms with van der Waals surface area (Å²) in [6.45, 7) is 3.01. The van der Waals surface area contributed by atoms with Gasteiger partial charge in [-0.05, 0) is 25.7 Å². The maximum atomic E-state index is 11.5. The highest BCUT2D eigenvalue weighted by Gasteiger charge is 2.29. The average Bonchev–Trinajstić information content (AvgIpc) is 2.90. The number of aromatic nitrogens is 1. The first-order chi connectivity index (χ1) is 8.83. The van der Waals surface area contributed by atoms with Crippen LogP contribution < -0.4 is 10.2 Å². The van der Waals surface area contributed by atoms with E-state index >= 15 is 0 Å². The number of amides is 1. The van der Waals surface area contributed by atoms with Crippen LogP contribution in [0.15, 0.2) is 5.38 Å². The quantitative estimate of drug-likeness (QED) is 0.883. The van der Waals surface area contributed by atoms with Gasteiger partial charge in [0, 0.05) is 37.4 Å². The molecular weight excluding hydrogens is 246 g/mol. The third-order valence-electron chi connectivity index (χ3n) is 3.54. The van der Waals surface area contributed by atoms with E-state index in [1.165, 1.54) is 12.8 Å². The molecule has 0 bridgehead atoms. The minimum atomic E-state index is 0.227. The summed E-state index contributed by atoms with van der Waals surface area (Å²) in [6, 6.07) is 0. The second-order valence-electron chi connectivity index (χ2n) is 5.13. The zero-order valence-electron chi connectivity index (χ0n) is 10.5. The van der Waals surface area contributed by atoms with Gasteiger partial charge < -0.3 is 10.2 Å². The Hall–Kier alpha value is -1.10. The Bertz CT molecular complexity index is 422. The number of carbonyl (C=O) groups excluding carboxylic acids is 1. The molecule has 2 aliphatic rings. The van der Waals surface area contributed by atoms with E-state index < -0.39 is 0 Å². The predicted octanol–water partition coefficient (Wildman–Crippen LogP) is 1.81. The summed E-state index contributed by atoms with van der Waals surface area (Å²) in [5.74, 6) is 0.533. The van der Waals surface area contributed by atoms with Crippen LogP contribution in [-0.4, -0.2) is 30.5 Å². The Balaban J connectivity index is 1.45. The van der Waals surface area contributed by atoms with Gasteiger partial charge in [-0.15, -0.1) is 11.3 Å². The molecule has 98 valence electrons. The predicted molar refractivity (Wildman–Crippen MR) is 73.0 cm³/mol. The first kappa shape index (κ1) is 12.0. The van der Waals surface area contributed by atoms with Crippen LogP contribution in [0.1, 0.15) is 31.4 Å². The smallest absolute Gasteiger partial charge is 0.223 e. The van der Waals surface area contributed by atoms with Gasteiger partial charge in [0.05, 0.1) is 5.69 Å². The molecule has 4 nitrogen and oxygen atoms in total. The summed E-state index contributed by atoms with van der Waals surface area (Å²) >= 11 is 1.73. The van der Waals surface area contributed by atoms with Crippen LogP contribution in [0.5, 0.6) is 0 Å². The molecule has 5 heteroatoms. The lowest BCUT2D eigenvalue weighted by Gasteiger charge is -2.12. The minimum absolute atomic E-state index is 0.227. The molecule has 0 spiro atoms. The highest BCUT2D eigenvalue weighted by atomic mass is 32.1. The van der Waals surface area contributed by atoms with E-state index in [1.807, 2.05) is 0 Å². The van der Waals surface area contributed by atoms with Gasteiger partial charge >= 0.3 is 0 Å². The van der Waals surface area contributed by atoms with Gasteiger partial charge in [0.25, 0.3) is 0 Å². The lowest BCUT2D eigenvalue weighted by Crippen LogP contribution is -2.27. The molecule has 0 atom stereocenters. The van der Waals surface area contributed by atoms with E-state index in [9.17, 15) is 4.79 Å². The zero-order valence-corrected chi connectivity index (χ0v) is 11.3. The number of hydrogen-bond acceptors (Lipinski definition) is 4. The van der Waals surface area contributed by atoms with Crippen molar-refractivity contribution in [1.29, 1.82) is 0 Å². The fraction of sp³-hybridized carbons (Fsp3) is 0.692. The molecule has 2 heterocycles. The Kier molecular flexibility index (Phi) is 3.50. The van der Waals surface area contributed by atoms with Crippen molar-refractivity contribution in [3.05, 3.63) is 11.1 Å². The third kappa shape index (κ3) is 2.83. The minimum Gasteiger partial charge on any atom is -0.355 e. The summed E-state index contributed by atoms with van der Waals surface area (Å²) < 4.78 is 0. The van der Waals surface area contributed by atoms with Gasteiger partial charge in [0.1, 0.15) is 0 Å². The number of anilines is 1. The van der Waals surface area contributed by atoms with Crippen LogP contribution in [0.25, 0.3) is 0 Å². The molecule has 0 aromatic carbocycles. The lowest BCUT2D eigenvalue weighted by molar-refractivity contribution is -0.122. The number of nitrogens with one attached hydrogen (secondary N) is 1. The second-order valence-corrected chi connectivity index (χ2v) is 5.97. The van der Waals surface area contributed by atoms with Crippen molar-refractivity contribution in [2.24, 2.45) is 5.92 Å². The maximum Gasteiger partial charge on any atom is 0.223 e. The first-order valence-electron chi connectivity index (χ1n) is 6.80. The van der Waals surface area contributed by atoms with Gasteiger partial charge in [0.15, 0.2) is 5.13 Å². The van der Waals surface area contributed by atoms with Crippen LogP contribution in [0, 0.1) is 5.92 Å². The van der Waals surface area contributed by atoms with Gasteiger partial charge in [0.2, 0.25) is 5.91 Å². The number of hydrogen-bond donors (Lipinski definition) is 1. The van der Waals surface area contributed by atoms with Crippen molar-refractivity contribution in [1.82, 2.24) is 10.3 Å². The summed E-state index contributed by atoms with van der Waals surface area (Å²) in [4.78, 5) is 18.5. The van der Waals surface area contributed by atoms with Crippen molar-refractivity contribution < 1.29 is 4.79 Å². The van der Waals surface area contributed by atoms with Crippen LogP contribution in [0.4, 0.5) is 5.13 Å². The van der Waals surface area contributed by atoms with Crippen LogP contribution in [0.3, 0.4) is 0 Å². The molecular formula is C13H19N3OS. The first-order valence-corrected chi connectivity index (χ1v) is 7.68. The number of thiazole rings is 1. The monoisotopic (exact) mass is 265 g/mol. The fourth-order valence-electron chi connectivity index (χ4n) is 2.27. The van der Waals surface area contributed by atoms with E-state index in [0.717, 1.165) is 49.7 Å². The highest BCUT2D eigenvalue weighted by Crippen LogP contribution is 2.28. The molecule has 1 saturated carbocycles. The largest absolute Gasteiger partial charge is 0.355 e. The van der Waals surface area contributed by atoms with Crippen molar-refractivity contribution >= 4 is 22.4 Å². The van der Waals surface area contributed by atoms with E-state index in [2.05, 4.69) is 20.6 Å². The Morgan fingerprint density at radius 1 is 1.44 bits per heavy atom. The van der Waals surface area contributed by atoms with Crippen LogP contribution in [-0.2, 0) is 11.2 Å². The van der Waals surface area contributed by atoms with Crippen molar-refractivity contribution in [2.45, 2.75) is 32.1 Å². The van der Waals surface area contributed by atoms with E-state index in [1.54, 1.807) is 11.3 Å². The number of carbonyl (C=O) groups is 1. The highest BCUT2D eigenvalue weighted by molar-refractivity contribution is 7.13. The topological polar surface area (TPSA) is 45.2 Å². The van der Waals surface area contributed by atoms with Crippen molar-refractivity contribution in [3.63, 3.8) is 0 Å². The summed E-state index contributed by atoms with van der Waals surface area (Å²) in [7, 11) is 0.